The quantitative estimate of drug-likeness (QED) is 0.380. The summed E-state index contributed by atoms with van der Waals surface area (Å²) in [6.07, 6.45) is 4.44. The number of amides is 1. The molecule has 0 aliphatic carbocycles. The van der Waals surface area contributed by atoms with Crippen molar-refractivity contribution >= 4 is 41.5 Å². The molecule has 160 valence electrons. The Labute approximate surface area is 189 Å². The number of aliphatic imine (C=N–C) groups is 1. The average Bonchev–Trinajstić information content (AvgIpc) is 3.29. The maximum atomic E-state index is 12.9. The van der Waals surface area contributed by atoms with Crippen LogP contribution in [0.15, 0.2) is 29.3 Å². The molecule has 1 aromatic rings. The number of hydrogen-bond donors (Lipinski definition) is 1. The summed E-state index contributed by atoms with van der Waals surface area (Å²) in [5, 5.41) is 3.27. The van der Waals surface area contributed by atoms with Gasteiger partial charge in [0, 0.05) is 39.0 Å². The molecule has 2 unspecified atom stereocenters. The van der Waals surface area contributed by atoms with Gasteiger partial charge in [-0.1, -0.05) is 18.2 Å². The lowest BCUT2D eigenvalue weighted by molar-refractivity contribution is -0.117. The van der Waals surface area contributed by atoms with Gasteiger partial charge in [-0.05, 0) is 37.3 Å². The fourth-order valence-corrected chi connectivity index (χ4v) is 4.36. The molecular weight excluding hydrogens is 483 g/mol. The third-order valence-electron chi connectivity index (χ3n) is 5.79. The zero-order valence-corrected chi connectivity index (χ0v) is 19.3. The van der Waals surface area contributed by atoms with Crippen LogP contribution in [0.5, 0.6) is 0 Å². The first-order valence-corrected chi connectivity index (χ1v) is 10.3. The molecule has 2 saturated heterocycles. The molecule has 2 atom stereocenters. The fourth-order valence-electron chi connectivity index (χ4n) is 4.36. The Morgan fingerprint density at radius 3 is 2.79 bits per heavy atom. The number of rotatable bonds is 3. The van der Waals surface area contributed by atoms with E-state index in [2.05, 4.69) is 21.3 Å². The first-order chi connectivity index (χ1) is 13.8. The van der Waals surface area contributed by atoms with Gasteiger partial charge in [0.15, 0.2) is 5.96 Å². The molecule has 7 nitrogen and oxygen atoms in total. The van der Waals surface area contributed by atoms with Crippen LogP contribution in [0.4, 0.5) is 5.69 Å². The molecule has 1 amide bonds. The van der Waals surface area contributed by atoms with Crippen molar-refractivity contribution in [3.8, 4) is 0 Å². The van der Waals surface area contributed by atoms with Gasteiger partial charge in [-0.25, -0.2) is 0 Å². The van der Waals surface area contributed by atoms with Crippen LogP contribution >= 0.6 is 24.0 Å². The standard InChI is InChI=1S/C21H30N4O3.HI/c1-22-21(24-11-13-28-19(15-24)18-9-5-12-27-18)23-14-20(26)25-10-4-7-16-6-2-3-8-17(16)25;/h2-3,6,8,18-19H,4-5,7,9-15H2,1H3,(H,22,23);1H. The van der Waals surface area contributed by atoms with Gasteiger partial charge in [0.25, 0.3) is 0 Å². The predicted molar refractivity (Wildman–Crippen MR) is 124 cm³/mol. The molecule has 3 aliphatic heterocycles. The first-order valence-electron chi connectivity index (χ1n) is 10.3. The monoisotopic (exact) mass is 514 g/mol. The lowest BCUT2D eigenvalue weighted by Crippen LogP contribution is -2.54. The lowest BCUT2D eigenvalue weighted by Gasteiger charge is -2.37. The molecule has 0 bridgehead atoms. The highest BCUT2D eigenvalue weighted by Gasteiger charge is 2.32. The highest BCUT2D eigenvalue weighted by molar-refractivity contribution is 14.0. The van der Waals surface area contributed by atoms with Crippen molar-refractivity contribution in [1.29, 1.82) is 0 Å². The summed E-state index contributed by atoms with van der Waals surface area (Å²) in [5.74, 6) is 0.835. The van der Waals surface area contributed by atoms with Crippen LogP contribution in [0.1, 0.15) is 24.8 Å². The number of hydrogen-bond acceptors (Lipinski definition) is 4. The van der Waals surface area contributed by atoms with Gasteiger partial charge < -0.3 is 24.6 Å². The molecule has 4 rings (SSSR count). The van der Waals surface area contributed by atoms with Gasteiger partial charge in [0.05, 0.1) is 19.3 Å². The Balaban J connectivity index is 0.00000240. The smallest absolute Gasteiger partial charge is 0.246 e. The third kappa shape index (κ3) is 5.21. The summed E-state index contributed by atoms with van der Waals surface area (Å²) in [6.45, 7) is 3.99. The number of halogens is 1. The van der Waals surface area contributed by atoms with Crippen molar-refractivity contribution in [1.82, 2.24) is 10.2 Å². The molecule has 3 aliphatic rings. The summed E-state index contributed by atoms with van der Waals surface area (Å²) in [7, 11) is 1.76. The van der Waals surface area contributed by atoms with Crippen LogP contribution in [-0.4, -0.2) is 75.4 Å². The minimum absolute atomic E-state index is 0. The second-order valence-corrected chi connectivity index (χ2v) is 7.59. The van der Waals surface area contributed by atoms with Crippen LogP contribution < -0.4 is 10.2 Å². The number of fused-ring (bicyclic) bond motifs is 1. The van der Waals surface area contributed by atoms with Crippen LogP contribution in [0.25, 0.3) is 0 Å². The summed E-state index contributed by atoms with van der Waals surface area (Å²) < 4.78 is 11.7. The second kappa shape index (κ2) is 10.6. The van der Waals surface area contributed by atoms with Crippen LogP contribution in [0.3, 0.4) is 0 Å². The number of carbonyl (C=O) groups excluding carboxylic acids is 1. The van der Waals surface area contributed by atoms with Crippen molar-refractivity contribution < 1.29 is 14.3 Å². The molecule has 0 spiro atoms. The summed E-state index contributed by atoms with van der Waals surface area (Å²) in [4.78, 5) is 21.4. The molecule has 29 heavy (non-hydrogen) atoms. The highest BCUT2D eigenvalue weighted by atomic mass is 127. The van der Waals surface area contributed by atoms with Gasteiger partial charge in [0.1, 0.15) is 6.10 Å². The fraction of sp³-hybridized carbons (Fsp3) is 0.619. The molecule has 3 heterocycles. The Hall–Kier alpha value is -1.39. The number of para-hydroxylation sites is 1. The molecule has 2 fully saturated rings. The number of nitrogens with zero attached hydrogens (tertiary/aromatic N) is 3. The van der Waals surface area contributed by atoms with E-state index in [4.69, 9.17) is 9.47 Å². The van der Waals surface area contributed by atoms with Gasteiger partial charge in [-0.3, -0.25) is 9.79 Å². The number of anilines is 1. The molecule has 8 heteroatoms. The molecule has 0 saturated carbocycles. The topological polar surface area (TPSA) is 66.4 Å². The van der Waals surface area contributed by atoms with Crippen molar-refractivity contribution in [3.63, 3.8) is 0 Å². The van der Waals surface area contributed by atoms with E-state index < -0.39 is 0 Å². The predicted octanol–water partition coefficient (Wildman–Crippen LogP) is 2.04. The number of guanidine groups is 1. The summed E-state index contributed by atoms with van der Waals surface area (Å²) in [5.41, 5.74) is 2.29. The number of aryl methyl sites for hydroxylation is 1. The van der Waals surface area contributed by atoms with Crippen LogP contribution in [0, 0.1) is 0 Å². The first kappa shape index (κ1) is 22.3. The van der Waals surface area contributed by atoms with Gasteiger partial charge in [-0.15, -0.1) is 24.0 Å². The minimum Gasteiger partial charge on any atom is -0.375 e. The molecule has 0 radical (unpaired) electrons. The van der Waals surface area contributed by atoms with E-state index in [1.54, 1.807) is 7.05 Å². The van der Waals surface area contributed by atoms with Gasteiger partial charge in [0.2, 0.25) is 5.91 Å². The number of carbonyl (C=O) groups is 1. The zero-order valence-electron chi connectivity index (χ0n) is 17.0. The lowest BCUT2D eigenvalue weighted by atomic mass is 10.0. The van der Waals surface area contributed by atoms with E-state index in [-0.39, 0.29) is 48.6 Å². The Kier molecular flexibility index (Phi) is 8.14. The van der Waals surface area contributed by atoms with E-state index in [1.165, 1.54) is 5.56 Å². The molecule has 1 aromatic carbocycles. The maximum absolute atomic E-state index is 12.9. The number of morpholine rings is 1. The van der Waals surface area contributed by atoms with Crippen molar-refractivity contribution in [2.45, 2.75) is 37.9 Å². The van der Waals surface area contributed by atoms with Crippen LogP contribution in [-0.2, 0) is 20.7 Å². The highest BCUT2D eigenvalue weighted by Crippen LogP contribution is 2.26. The Morgan fingerprint density at radius 1 is 1.17 bits per heavy atom. The molecule has 0 aromatic heterocycles. The van der Waals surface area contributed by atoms with Crippen molar-refractivity contribution in [2.24, 2.45) is 4.99 Å². The number of ether oxygens (including phenoxy) is 2. The van der Waals surface area contributed by atoms with Gasteiger partial charge in [-0.2, -0.15) is 0 Å². The van der Waals surface area contributed by atoms with Crippen molar-refractivity contribution in [3.05, 3.63) is 29.8 Å². The van der Waals surface area contributed by atoms with Crippen molar-refractivity contribution in [2.75, 3.05) is 51.3 Å². The zero-order chi connectivity index (χ0) is 19.3. The number of benzene rings is 1. The average molecular weight is 514 g/mol. The Morgan fingerprint density at radius 2 is 2.00 bits per heavy atom. The minimum atomic E-state index is 0. The Bertz CT molecular complexity index is 724. The van der Waals surface area contributed by atoms with E-state index in [9.17, 15) is 4.79 Å². The van der Waals surface area contributed by atoms with Gasteiger partial charge >= 0.3 is 0 Å². The SMILES string of the molecule is CN=C(NCC(=O)N1CCCc2ccccc21)N1CCOC(C2CCCO2)C1.I. The second-order valence-electron chi connectivity index (χ2n) is 7.59. The van der Waals surface area contributed by atoms with Crippen LogP contribution in [0.2, 0.25) is 0 Å². The maximum Gasteiger partial charge on any atom is 0.246 e. The van der Waals surface area contributed by atoms with E-state index >= 15 is 0 Å². The third-order valence-corrected chi connectivity index (χ3v) is 5.79. The molecule has 1 N–H and O–H groups in total. The largest absolute Gasteiger partial charge is 0.375 e. The summed E-state index contributed by atoms with van der Waals surface area (Å²) >= 11 is 0. The van der Waals surface area contributed by atoms with E-state index in [0.717, 1.165) is 63.6 Å². The summed E-state index contributed by atoms with van der Waals surface area (Å²) in [6, 6.07) is 8.18. The normalized spacial score (nSPS) is 24.7. The molecular formula is C21H31IN4O3. The number of nitrogens with one attached hydrogen (secondary N) is 1. The van der Waals surface area contributed by atoms with E-state index in [0.29, 0.717) is 6.61 Å². The van der Waals surface area contributed by atoms with E-state index in [1.807, 2.05) is 23.1 Å².